The molecule has 0 aromatic heterocycles. The molecule has 1 aromatic carbocycles. The van der Waals surface area contributed by atoms with Crippen LogP contribution in [0, 0.1) is 11.3 Å². The Balaban J connectivity index is 1.67. The van der Waals surface area contributed by atoms with Crippen LogP contribution in [0.15, 0.2) is 24.3 Å². The van der Waals surface area contributed by atoms with Gasteiger partial charge in [-0.1, -0.05) is 0 Å². The highest BCUT2D eigenvalue weighted by molar-refractivity contribution is 5.94. The lowest BCUT2D eigenvalue weighted by atomic mass is 10.1. The number of ether oxygens (including phenoxy) is 1. The van der Waals surface area contributed by atoms with E-state index in [-0.39, 0.29) is 5.84 Å². The zero-order chi connectivity index (χ0) is 15.2. The Morgan fingerprint density at radius 3 is 2.71 bits per heavy atom. The number of likely N-dealkylation sites (N-methyl/N-ethyl adjacent to an activating group) is 1. The van der Waals surface area contributed by atoms with Gasteiger partial charge >= 0.3 is 0 Å². The molecular weight excluding hydrogens is 264 g/mol. The number of nitrogens with zero attached hydrogens (tertiary/aromatic N) is 2. The lowest BCUT2D eigenvalue weighted by Crippen LogP contribution is -2.30. The molecule has 2 rings (SSSR count). The van der Waals surface area contributed by atoms with E-state index in [1.807, 2.05) is 24.3 Å². The molecule has 116 valence electrons. The SMILES string of the molecule is CN(CCOc1ccc(C(=N)N)cc1)CC1CCN(C)C1. The van der Waals surface area contributed by atoms with Gasteiger partial charge in [0.15, 0.2) is 0 Å². The van der Waals surface area contributed by atoms with E-state index in [9.17, 15) is 0 Å². The van der Waals surface area contributed by atoms with Crippen molar-refractivity contribution in [3.05, 3.63) is 29.8 Å². The van der Waals surface area contributed by atoms with Gasteiger partial charge in [-0.05, 0) is 57.2 Å². The van der Waals surface area contributed by atoms with Gasteiger partial charge in [0.25, 0.3) is 0 Å². The number of rotatable bonds is 7. The second kappa shape index (κ2) is 7.43. The van der Waals surface area contributed by atoms with Crippen LogP contribution in [0.1, 0.15) is 12.0 Å². The first-order chi connectivity index (χ1) is 10.0. The van der Waals surface area contributed by atoms with Gasteiger partial charge in [-0.15, -0.1) is 0 Å². The van der Waals surface area contributed by atoms with E-state index >= 15 is 0 Å². The van der Waals surface area contributed by atoms with E-state index in [0.29, 0.717) is 6.61 Å². The first-order valence-corrected chi connectivity index (χ1v) is 7.49. The molecule has 1 atom stereocenters. The minimum absolute atomic E-state index is 0.0859. The molecule has 0 saturated carbocycles. The first-order valence-electron chi connectivity index (χ1n) is 7.49. The van der Waals surface area contributed by atoms with Crippen molar-refractivity contribution in [2.75, 3.05) is 46.9 Å². The molecule has 0 spiro atoms. The summed E-state index contributed by atoms with van der Waals surface area (Å²) in [7, 11) is 4.34. The quantitative estimate of drug-likeness (QED) is 0.585. The van der Waals surface area contributed by atoms with Crippen molar-refractivity contribution in [1.82, 2.24) is 9.80 Å². The number of likely N-dealkylation sites (tertiary alicyclic amines) is 1. The highest BCUT2D eigenvalue weighted by Gasteiger charge is 2.20. The van der Waals surface area contributed by atoms with Crippen molar-refractivity contribution in [3.63, 3.8) is 0 Å². The third-order valence-corrected chi connectivity index (χ3v) is 3.97. The van der Waals surface area contributed by atoms with Crippen molar-refractivity contribution in [1.29, 1.82) is 5.41 Å². The summed E-state index contributed by atoms with van der Waals surface area (Å²) in [5.41, 5.74) is 6.15. The van der Waals surface area contributed by atoms with Crippen molar-refractivity contribution in [2.45, 2.75) is 6.42 Å². The van der Waals surface area contributed by atoms with E-state index in [4.69, 9.17) is 15.9 Å². The van der Waals surface area contributed by atoms with Crippen molar-refractivity contribution in [2.24, 2.45) is 11.7 Å². The molecule has 5 nitrogen and oxygen atoms in total. The first kappa shape index (κ1) is 15.8. The number of nitrogens with one attached hydrogen (secondary N) is 1. The van der Waals surface area contributed by atoms with E-state index in [1.165, 1.54) is 19.5 Å². The van der Waals surface area contributed by atoms with Gasteiger partial charge in [-0.25, -0.2) is 0 Å². The monoisotopic (exact) mass is 290 g/mol. The normalized spacial score (nSPS) is 19.1. The van der Waals surface area contributed by atoms with E-state index in [0.717, 1.165) is 30.3 Å². The Morgan fingerprint density at radius 2 is 2.14 bits per heavy atom. The number of hydrogen-bond donors (Lipinski definition) is 2. The number of benzene rings is 1. The van der Waals surface area contributed by atoms with E-state index < -0.39 is 0 Å². The van der Waals surface area contributed by atoms with Crippen LogP contribution in [0.4, 0.5) is 0 Å². The Bertz CT molecular complexity index is 460. The van der Waals surface area contributed by atoms with E-state index in [2.05, 4.69) is 23.9 Å². The van der Waals surface area contributed by atoms with Crippen LogP contribution in [0.2, 0.25) is 0 Å². The summed E-state index contributed by atoms with van der Waals surface area (Å²) in [4.78, 5) is 4.74. The van der Waals surface area contributed by atoms with Crippen LogP contribution in [0.5, 0.6) is 5.75 Å². The number of amidine groups is 1. The summed E-state index contributed by atoms with van der Waals surface area (Å²) in [5, 5.41) is 7.35. The smallest absolute Gasteiger partial charge is 0.122 e. The van der Waals surface area contributed by atoms with Crippen LogP contribution in [-0.2, 0) is 0 Å². The molecule has 0 amide bonds. The number of nitrogen functional groups attached to an aromatic ring is 1. The fraction of sp³-hybridized carbons (Fsp3) is 0.562. The maximum Gasteiger partial charge on any atom is 0.122 e. The second-order valence-electron chi connectivity index (χ2n) is 5.97. The number of nitrogens with two attached hydrogens (primary N) is 1. The summed E-state index contributed by atoms with van der Waals surface area (Å²) in [5.74, 6) is 1.70. The minimum Gasteiger partial charge on any atom is -0.492 e. The second-order valence-corrected chi connectivity index (χ2v) is 5.97. The van der Waals surface area contributed by atoms with Gasteiger partial charge in [0.05, 0.1) is 0 Å². The van der Waals surface area contributed by atoms with Crippen LogP contribution in [-0.4, -0.2) is 62.5 Å². The Kier molecular flexibility index (Phi) is 5.59. The van der Waals surface area contributed by atoms with Crippen molar-refractivity contribution >= 4 is 5.84 Å². The largest absolute Gasteiger partial charge is 0.492 e. The Labute approximate surface area is 127 Å². The summed E-state index contributed by atoms with van der Waals surface area (Å²) in [6, 6.07) is 7.36. The van der Waals surface area contributed by atoms with Gasteiger partial charge in [-0.2, -0.15) is 0 Å². The fourth-order valence-corrected chi connectivity index (χ4v) is 2.76. The molecule has 1 aromatic rings. The molecule has 0 bridgehead atoms. The number of hydrogen-bond acceptors (Lipinski definition) is 4. The molecule has 1 aliphatic heterocycles. The molecule has 1 fully saturated rings. The van der Waals surface area contributed by atoms with Gasteiger partial charge in [-0.3, -0.25) is 5.41 Å². The van der Waals surface area contributed by atoms with Crippen molar-refractivity contribution < 1.29 is 4.74 Å². The van der Waals surface area contributed by atoms with E-state index in [1.54, 1.807) is 0 Å². The lowest BCUT2D eigenvalue weighted by molar-refractivity contribution is 0.215. The molecule has 1 heterocycles. The molecule has 1 saturated heterocycles. The topological polar surface area (TPSA) is 65.6 Å². The van der Waals surface area contributed by atoms with Crippen LogP contribution >= 0.6 is 0 Å². The Hall–Kier alpha value is -1.59. The van der Waals surface area contributed by atoms with Crippen LogP contribution in [0.3, 0.4) is 0 Å². The standard InChI is InChI=1S/C16H26N4O/c1-19-8-7-13(11-19)12-20(2)9-10-21-15-5-3-14(4-6-15)16(17)18/h3-6,13H,7-12H2,1-2H3,(H3,17,18). The molecule has 0 aliphatic carbocycles. The maximum atomic E-state index is 7.35. The highest BCUT2D eigenvalue weighted by Crippen LogP contribution is 2.15. The van der Waals surface area contributed by atoms with Gasteiger partial charge in [0.2, 0.25) is 0 Å². The van der Waals surface area contributed by atoms with Gasteiger partial charge in [0.1, 0.15) is 18.2 Å². The molecule has 3 N–H and O–H groups in total. The minimum atomic E-state index is 0.0859. The third kappa shape index (κ3) is 5.02. The van der Waals surface area contributed by atoms with Gasteiger partial charge in [0, 0.05) is 25.2 Å². The average Bonchev–Trinajstić information content (AvgIpc) is 2.84. The molecule has 1 aliphatic rings. The third-order valence-electron chi connectivity index (χ3n) is 3.97. The fourth-order valence-electron chi connectivity index (χ4n) is 2.76. The molecular formula is C16H26N4O. The summed E-state index contributed by atoms with van der Waals surface area (Å²) >= 11 is 0. The Morgan fingerprint density at radius 1 is 1.43 bits per heavy atom. The molecule has 21 heavy (non-hydrogen) atoms. The highest BCUT2D eigenvalue weighted by atomic mass is 16.5. The average molecular weight is 290 g/mol. The lowest BCUT2D eigenvalue weighted by Gasteiger charge is -2.21. The van der Waals surface area contributed by atoms with Gasteiger partial charge < -0.3 is 20.3 Å². The predicted molar refractivity (Wildman–Crippen MR) is 86.1 cm³/mol. The summed E-state index contributed by atoms with van der Waals surface area (Å²) in [6.07, 6.45) is 1.30. The summed E-state index contributed by atoms with van der Waals surface area (Å²) < 4.78 is 5.73. The zero-order valence-corrected chi connectivity index (χ0v) is 13.0. The molecule has 5 heteroatoms. The van der Waals surface area contributed by atoms with Crippen LogP contribution < -0.4 is 10.5 Å². The predicted octanol–water partition coefficient (Wildman–Crippen LogP) is 1.23. The maximum absolute atomic E-state index is 7.35. The molecule has 1 unspecified atom stereocenters. The zero-order valence-electron chi connectivity index (χ0n) is 13.0. The summed E-state index contributed by atoms with van der Waals surface area (Å²) in [6.45, 7) is 5.17. The van der Waals surface area contributed by atoms with Crippen LogP contribution in [0.25, 0.3) is 0 Å². The molecule has 0 radical (unpaired) electrons. The van der Waals surface area contributed by atoms with Crippen molar-refractivity contribution in [3.8, 4) is 5.75 Å².